The van der Waals surface area contributed by atoms with Gasteiger partial charge in [-0.1, -0.05) is 12.1 Å². The van der Waals surface area contributed by atoms with Crippen LogP contribution in [0.15, 0.2) is 24.3 Å². The first-order valence-corrected chi connectivity index (χ1v) is 5.35. The number of nitrogens with two attached hydrogens (primary N) is 1. The smallest absolute Gasteiger partial charge is 0.229 e. The predicted octanol–water partition coefficient (Wildman–Crippen LogP) is 1.12. The van der Waals surface area contributed by atoms with Crippen molar-refractivity contribution in [2.45, 2.75) is 19.1 Å². The van der Waals surface area contributed by atoms with Gasteiger partial charge in [-0.15, -0.1) is 0 Å². The van der Waals surface area contributed by atoms with Crippen LogP contribution in [-0.2, 0) is 16.1 Å². The maximum atomic E-state index is 11.6. The first-order valence-electron chi connectivity index (χ1n) is 5.35. The Bertz CT molecular complexity index is 392. The van der Waals surface area contributed by atoms with Crippen LogP contribution >= 0.6 is 0 Å². The standard InChI is InChI=1S/C12H16N2O2/c1-16-7-8-3-2-4-9(5-8)14-12(15)10-6-11(10)13/h2-5,10-11H,6-7,13H2,1H3,(H,14,15). The highest BCUT2D eigenvalue weighted by atomic mass is 16.5. The van der Waals surface area contributed by atoms with Crippen molar-refractivity contribution < 1.29 is 9.53 Å². The van der Waals surface area contributed by atoms with E-state index in [9.17, 15) is 4.79 Å². The number of benzene rings is 1. The molecule has 0 aromatic heterocycles. The lowest BCUT2D eigenvalue weighted by Gasteiger charge is -2.06. The predicted molar refractivity (Wildman–Crippen MR) is 61.9 cm³/mol. The Morgan fingerprint density at radius 1 is 1.62 bits per heavy atom. The van der Waals surface area contributed by atoms with Gasteiger partial charge in [-0.25, -0.2) is 0 Å². The van der Waals surface area contributed by atoms with Gasteiger partial charge in [-0.05, 0) is 24.1 Å². The Morgan fingerprint density at radius 3 is 3.00 bits per heavy atom. The van der Waals surface area contributed by atoms with Gasteiger partial charge in [0, 0.05) is 18.8 Å². The molecular formula is C12H16N2O2. The van der Waals surface area contributed by atoms with Gasteiger partial charge < -0.3 is 15.8 Å². The van der Waals surface area contributed by atoms with Crippen molar-refractivity contribution in [1.82, 2.24) is 0 Å². The average molecular weight is 220 g/mol. The highest BCUT2D eigenvalue weighted by Gasteiger charge is 2.39. The van der Waals surface area contributed by atoms with E-state index in [0.29, 0.717) is 6.61 Å². The number of carbonyl (C=O) groups is 1. The summed E-state index contributed by atoms with van der Waals surface area (Å²) < 4.78 is 5.03. The Hall–Kier alpha value is -1.39. The molecule has 1 aromatic carbocycles. The number of methoxy groups -OCH3 is 1. The normalized spacial score (nSPS) is 22.9. The summed E-state index contributed by atoms with van der Waals surface area (Å²) in [6, 6.07) is 7.68. The van der Waals surface area contributed by atoms with Crippen molar-refractivity contribution in [3.05, 3.63) is 29.8 Å². The van der Waals surface area contributed by atoms with Gasteiger partial charge in [-0.2, -0.15) is 0 Å². The van der Waals surface area contributed by atoms with Crippen molar-refractivity contribution in [1.29, 1.82) is 0 Å². The molecule has 2 rings (SSSR count). The number of amides is 1. The van der Waals surface area contributed by atoms with Gasteiger partial charge >= 0.3 is 0 Å². The molecule has 0 saturated heterocycles. The fraction of sp³-hybridized carbons (Fsp3) is 0.417. The minimum absolute atomic E-state index is 0.00826. The molecule has 16 heavy (non-hydrogen) atoms. The minimum Gasteiger partial charge on any atom is -0.380 e. The zero-order valence-corrected chi connectivity index (χ0v) is 9.27. The van der Waals surface area contributed by atoms with Gasteiger partial charge in [0.1, 0.15) is 0 Å². The third-order valence-electron chi connectivity index (χ3n) is 2.68. The number of nitrogens with one attached hydrogen (secondary N) is 1. The molecule has 0 heterocycles. The number of hydrogen-bond donors (Lipinski definition) is 2. The quantitative estimate of drug-likeness (QED) is 0.799. The zero-order valence-electron chi connectivity index (χ0n) is 9.27. The van der Waals surface area contributed by atoms with Crippen LogP contribution < -0.4 is 11.1 Å². The second-order valence-electron chi connectivity index (χ2n) is 4.13. The summed E-state index contributed by atoms with van der Waals surface area (Å²) in [5, 5.41) is 2.86. The molecule has 1 aliphatic carbocycles. The molecular weight excluding hydrogens is 204 g/mol. The van der Waals surface area contributed by atoms with E-state index in [1.54, 1.807) is 7.11 Å². The summed E-state index contributed by atoms with van der Waals surface area (Å²) >= 11 is 0. The SMILES string of the molecule is COCc1cccc(NC(=O)C2CC2N)c1. The van der Waals surface area contributed by atoms with Crippen LogP contribution in [-0.4, -0.2) is 19.1 Å². The lowest BCUT2D eigenvalue weighted by atomic mass is 10.2. The highest BCUT2D eigenvalue weighted by Crippen LogP contribution is 2.29. The van der Waals surface area contributed by atoms with Crippen LogP contribution in [0.25, 0.3) is 0 Å². The van der Waals surface area contributed by atoms with Crippen molar-refractivity contribution >= 4 is 11.6 Å². The second-order valence-corrected chi connectivity index (χ2v) is 4.13. The third-order valence-corrected chi connectivity index (χ3v) is 2.68. The summed E-state index contributed by atoms with van der Waals surface area (Å²) in [5.74, 6) is 0.00754. The Kier molecular flexibility index (Phi) is 3.22. The van der Waals surface area contributed by atoms with E-state index in [4.69, 9.17) is 10.5 Å². The van der Waals surface area contributed by atoms with Gasteiger partial charge in [0.25, 0.3) is 0 Å². The molecule has 0 spiro atoms. The van der Waals surface area contributed by atoms with E-state index in [1.165, 1.54) is 0 Å². The third kappa shape index (κ3) is 2.59. The van der Waals surface area contributed by atoms with Crippen LogP contribution in [0.5, 0.6) is 0 Å². The number of anilines is 1. The van der Waals surface area contributed by atoms with Crippen LogP contribution in [0, 0.1) is 5.92 Å². The molecule has 0 radical (unpaired) electrons. The molecule has 2 unspecified atom stereocenters. The molecule has 1 aromatic rings. The molecule has 1 aliphatic rings. The Morgan fingerprint density at radius 2 is 2.38 bits per heavy atom. The number of carbonyl (C=O) groups excluding carboxylic acids is 1. The van der Waals surface area contributed by atoms with E-state index in [2.05, 4.69) is 5.32 Å². The molecule has 4 heteroatoms. The Balaban J connectivity index is 1.98. The van der Waals surface area contributed by atoms with Gasteiger partial charge in [-0.3, -0.25) is 4.79 Å². The molecule has 0 aliphatic heterocycles. The summed E-state index contributed by atoms with van der Waals surface area (Å²) in [6.07, 6.45) is 0.795. The van der Waals surface area contributed by atoms with Crippen LogP contribution in [0.3, 0.4) is 0 Å². The monoisotopic (exact) mass is 220 g/mol. The summed E-state index contributed by atoms with van der Waals surface area (Å²) in [7, 11) is 1.65. The molecule has 1 fully saturated rings. The fourth-order valence-corrected chi connectivity index (χ4v) is 1.66. The number of ether oxygens (including phenoxy) is 1. The zero-order chi connectivity index (χ0) is 11.5. The molecule has 0 bridgehead atoms. The molecule has 1 saturated carbocycles. The van der Waals surface area contributed by atoms with E-state index < -0.39 is 0 Å². The van der Waals surface area contributed by atoms with Crippen molar-refractivity contribution in [3.8, 4) is 0 Å². The van der Waals surface area contributed by atoms with Gasteiger partial charge in [0.2, 0.25) is 5.91 Å². The molecule has 4 nitrogen and oxygen atoms in total. The van der Waals surface area contributed by atoms with Crippen molar-refractivity contribution in [2.24, 2.45) is 11.7 Å². The van der Waals surface area contributed by atoms with E-state index >= 15 is 0 Å². The molecule has 3 N–H and O–H groups in total. The largest absolute Gasteiger partial charge is 0.380 e. The van der Waals surface area contributed by atoms with Gasteiger partial charge in [0.15, 0.2) is 0 Å². The first-order chi connectivity index (χ1) is 7.70. The first kappa shape index (κ1) is 11.1. The average Bonchev–Trinajstić information content (AvgIpc) is 2.97. The van der Waals surface area contributed by atoms with Crippen molar-refractivity contribution in [3.63, 3.8) is 0 Å². The van der Waals surface area contributed by atoms with Crippen LogP contribution in [0.4, 0.5) is 5.69 Å². The number of hydrogen-bond acceptors (Lipinski definition) is 3. The molecule has 2 atom stereocenters. The summed E-state index contributed by atoms with van der Waals surface area (Å²) in [5.41, 5.74) is 7.46. The maximum Gasteiger partial charge on any atom is 0.229 e. The summed E-state index contributed by atoms with van der Waals surface area (Å²) in [6.45, 7) is 0.548. The van der Waals surface area contributed by atoms with E-state index in [-0.39, 0.29) is 17.9 Å². The van der Waals surface area contributed by atoms with Crippen molar-refractivity contribution in [2.75, 3.05) is 12.4 Å². The fourth-order valence-electron chi connectivity index (χ4n) is 1.66. The molecule has 1 amide bonds. The molecule has 86 valence electrons. The second kappa shape index (κ2) is 4.63. The van der Waals surface area contributed by atoms with Crippen LogP contribution in [0.2, 0.25) is 0 Å². The summed E-state index contributed by atoms with van der Waals surface area (Å²) in [4.78, 5) is 11.6. The minimum atomic E-state index is -0.00826. The maximum absolute atomic E-state index is 11.6. The lowest BCUT2D eigenvalue weighted by molar-refractivity contribution is -0.117. The van der Waals surface area contributed by atoms with E-state index in [1.807, 2.05) is 24.3 Å². The van der Waals surface area contributed by atoms with Crippen LogP contribution in [0.1, 0.15) is 12.0 Å². The van der Waals surface area contributed by atoms with E-state index in [0.717, 1.165) is 17.7 Å². The topological polar surface area (TPSA) is 64.3 Å². The number of rotatable bonds is 4. The Labute approximate surface area is 94.8 Å². The highest BCUT2D eigenvalue weighted by molar-refractivity contribution is 5.94. The lowest BCUT2D eigenvalue weighted by Crippen LogP contribution is -2.18. The van der Waals surface area contributed by atoms with Gasteiger partial charge in [0.05, 0.1) is 12.5 Å².